The zero-order valence-electron chi connectivity index (χ0n) is 13.8. The van der Waals surface area contributed by atoms with Crippen molar-refractivity contribution in [2.45, 2.75) is 44.6 Å². The molecule has 24 heavy (non-hydrogen) atoms. The molecule has 0 saturated carbocycles. The lowest BCUT2D eigenvalue weighted by atomic mass is 9.90. The van der Waals surface area contributed by atoms with E-state index in [2.05, 4.69) is 17.1 Å². The van der Waals surface area contributed by atoms with Crippen LogP contribution in [0.5, 0.6) is 0 Å². The number of piperidine rings is 1. The number of hydrogen-bond acceptors (Lipinski definition) is 4. The Hall–Kier alpha value is -1.88. The van der Waals surface area contributed by atoms with E-state index in [9.17, 15) is 9.59 Å². The van der Waals surface area contributed by atoms with E-state index in [-0.39, 0.29) is 30.7 Å². The highest BCUT2D eigenvalue weighted by Crippen LogP contribution is 2.31. The average molecular weight is 351 g/mol. The van der Waals surface area contributed by atoms with Gasteiger partial charge in [-0.3, -0.25) is 19.5 Å². The van der Waals surface area contributed by atoms with Crippen molar-refractivity contribution in [3.05, 3.63) is 35.9 Å². The molecule has 2 atom stereocenters. The number of nitrogens with zero attached hydrogens (tertiary/aromatic N) is 2. The van der Waals surface area contributed by atoms with Gasteiger partial charge in [0.25, 0.3) is 5.91 Å². The van der Waals surface area contributed by atoms with Crippen molar-refractivity contribution >= 4 is 30.1 Å². The number of carbonyl (C=O) groups is 2. The lowest BCUT2D eigenvalue weighted by molar-refractivity contribution is -0.143. The van der Waals surface area contributed by atoms with Gasteiger partial charge in [-0.2, -0.15) is 0 Å². The number of fused-ring (bicyclic) bond motifs is 1. The molecule has 0 aromatic heterocycles. The second kappa shape index (κ2) is 8.29. The van der Waals surface area contributed by atoms with Crippen LogP contribution in [0, 0.1) is 0 Å². The predicted molar refractivity (Wildman–Crippen MR) is 94.5 cm³/mol. The molecule has 2 heterocycles. The normalized spacial score (nSPS) is 22.5. The van der Waals surface area contributed by atoms with Gasteiger partial charge < -0.3 is 4.74 Å². The summed E-state index contributed by atoms with van der Waals surface area (Å²) in [4.78, 5) is 30.4. The minimum atomic E-state index is -0.413. The second-order valence-corrected chi connectivity index (χ2v) is 6.00. The van der Waals surface area contributed by atoms with Crippen molar-refractivity contribution < 1.29 is 14.3 Å². The fourth-order valence-electron chi connectivity index (χ4n) is 3.29. The van der Waals surface area contributed by atoms with Gasteiger partial charge in [0.15, 0.2) is 0 Å². The fraction of sp³-hybridized carbons (Fsp3) is 0.500. The van der Waals surface area contributed by atoms with Gasteiger partial charge in [-0.1, -0.05) is 30.3 Å². The average Bonchev–Trinajstić information content (AvgIpc) is 2.90. The Morgan fingerprint density at radius 2 is 2.08 bits per heavy atom. The van der Waals surface area contributed by atoms with Crippen LogP contribution in [0.3, 0.4) is 0 Å². The molecular formula is C18H23ClN2O3. The number of amides is 1. The van der Waals surface area contributed by atoms with Crippen LogP contribution in [0.25, 0.3) is 0 Å². The molecule has 3 rings (SSSR count). The molecule has 0 spiro atoms. The Labute approximate surface area is 148 Å². The van der Waals surface area contributed by atoms with Crippen molar-refractivity contribution in [3.8, 4) is 0 Å². The molecule has 5 nitrogen and oxygen atoms in total. The van der Waals surface area contributed by atoms with Gasteiger partial charge in [0.05, 0.1) is 6.61 Å². The van der Waals surface area contributed by atoms with Crippen molar-refractivity contribution in [2.24, 2.45) is 4.99 Å². The fourth-order valence-corrected chi connectivity index (χ4v) is 3.29. The summed E-state index contributed by atoms with van der Waals surface area (Å²) in [6.07, 6.45) is 2.52. The summed E-state index contributed by atoms with van der Waals surface area (Å²) >= 11 is 0. The van der Waals surface area contributed by atoms with Gasteiger partial charge in [-0.25, -0.2) is 0 Å². The molecule has 2 aliphatic rings. The first kappa shape index (κ1) is 18.5. The van der Waals surface area contributed by atoms with Crippen LogP contribution in [-0.2, 0) is 14.3 Å². The maximum absolute atomic E-state index is 12.5. The third kappa shape index (κ3) is 3.96. The van der Waals surface area contributed by atoms with Crippen LogP contribution < -0.4 is 0 Å². The largest absolute Gasteiger partial charge is 0.466 e. The quantitative estimate of drug-likeness (QED) is 0.767. The van der Waals surface area contributed by atoms with Crippen LogP contribution in [0.1, 0.15) is 44.1 Å². The molecule has 0 aliphatic carbocycles. The third-order valence-corrected chi connectivity index (χ3v) is 4.49. The van der Waals surface area contributed by atoms with E-state index in [0.717, 1.165) is 18.7 Å². The number of hydrogen-bond donors (Lipinski definition) is 0. The monoisotopic (exact) mass is 350 g/mol. The van der Waals surface area contributed by atoms with Gasteiger partial charge in [0.1, 0.15) is 11.9 Å². The Morgan fingerprint density at radius 3 is 2.79 bits per heavy atom. The van der Waals surface area contributed by atoms with Crippen LogP contribution in [0.4, 0.5) is 0 Å². The summed E-state index contributed by atoms with van der Waals surface area (Å²) in [5.41, 5.74) is 1.27. The minimum Gasteiger partial charge on any atom is -0.466 e. The molecule has 2 unspecified atom stereocenters. The standard InChI is InChI=1S/C18H22N2O3.ClH/c1-2-23-17(21)11-9-15-18(22)20-12-14(8-10-16(20)19-15)13-6-4-3-5-7-13;/h3-7,14-15H,2,8-12H2,1H3;1H. The number of rotatable bonds is 5. The maximum atomic E-state index is 12.5. The van der Waals surface area contributed by atoms with E-state index in [0.29, 0.717) is 25.5 Å². The summed E-state index contributed by atoms with van der Waals surface area (Å²) in [7, 11) is 0. The minimum absolute atomic E-state index is 0. The van der Waals surface area contributed by atoms with Gasteiger partial charge in [-0.15, -0.1) is 12.4 Å². The summed E-state index contributed by atoms with van der Waals surface area (Å²) in [6, 6.07) is 9.90. The number of ether oxygens (including phenoxy) is 1. The molecule has 130 valence electrons. The van der Waals surface area contributed by atoms with E-state index < -0.39 is 6.04 Å². The highest BCUT2D eigenvalue weighted by molar-refractivity contribution is 6.06. The molecule has 0 N–H and O–H groups in total. The molecule has 2 aliphatic heterocycles. The first-order valence-corrected chi connectivity index (χ1v) is 8.27. The summed E-state index contributed by atoms with van der Waals surface area (Å²) in [5, 5.41) is 0. The first-order valence-electron chi connectivity index (χ1n) is 8.27. The molecule has 6 heteroatoms. The van der Waals surface area contributed by atoms with E-state index in [4.69, 9.17) is 4.74 Å². The van der Waals surface area contributed by atoms with E-state index in [1.165, 1.54) is 5.56 Å². The van der Waals surface area contributed by atoms with Crippen LogP contribution in [0.2, 0.25) is 0 Å². The topological polar surface area (TPSA) is 59.0 Å². The summed E-state index contributed by atoms with van der Waals surface area (Å²) in [5.74, 6) is 1.02. The molecule has 1 aromatic rings. The number of halogens is 1. The molecular weight excluding hydrogens is 328 g/mol. The van der Waals surface area contributed by atoms with E-state index in [1.807, 2.05) is 23.1 Å². The van der Waals surface area contributed by atoms with Crippen molar-refractivity contribution in [1.82, 2.24) is 4.90 Å². The van der Waals surface area contributed by atoms with Crippen LogP contribution in [0.15, 0.2) is 35.3 Å². The van der Waals surface area contributed by atoms with Gasteiger partial charge >= 0.3 is 5.97 Å². The van der Waals surface area contributed by atoms with Gasteiger partial charge in [-0.05, 0) is 25.3 Å². The molecule has 0 radical (unpaired) electrons. The number of amidine groups is 1. The lowest BCUT2D eigenvalue weighted by Gasteiger charge is -2.30. The zero-order chi connectivity index (χ0) is 16.2. The van der Waals surface area contributed by atoms with Crippen LogP contribution >= 0.6 is 12.4 Å². The first-order chi connectivity index (χ1) is 11.2. The number of aliphatic imine (C=N–C) groups is 1. The highest BCUT2D eigenvalue weighted by atomic mass is 35.5. The smallest absolute Gasteiger partial charge is 0.305 e. The lowest BCUT2D eigenvalue weighted by Crippen LogP contribution is -2.41. The van der Waals surface area contributed by atoms with Crippen LogP contribution in [-0.4, -0.2) is 41.8 Å². The van der Waals surface area contributed by atoms with E-state index in [1.54, 1.807) is 6.92 Å². The SMILES string of the molecule is CCOC(=O)CCC1N=C2CCC(c3ccccc3)CN2C1=O.Cl. The van der Waals surface area contributed by atoms with Gasteiger partial charge in [0.2, 0.25) is 0 Å². The number of carbonyl (C=O) groups excluding carboxylic acids is 2. The predicted octanol–water partition coefficient (Wildman–Crippen LogP) is 2.94. The Kier molecular flexibility index (Phi) is 6.37. The Bertz CT molecular complexity index is 618. The van der Waals surface area contributed by atoms with Crippen molar-refractivity contribution in [1.29, 1.82) is 0 Å². The second-order valence-electron chi connectivity index (χ2n) is 6.00. The zero-order valence-corrected chi connectivity index (χ0v) is 14.6. The molecule has 1 aromatic carbocycles. The van der Waals surface area contributed by atoms with Crippen molar-refractivity contribution in [3.63, 3.8) is 0 Å². The Balaban J connectivity index is 0.00000208. The Morgan fingerprint density at radius 1 is 1.33 bits per heavy atom. The van der Waals surface area contributed by atoms with Gasteiger partial charge in [0, 0.05) is 25.3 Å². The molecule has 1 amide bonds. The maximum Gasteiger partial charge on any atom is 0.305 e. The molecule has 1 saturated heterocycles. The van der Waals surface area contributed by atoms with Crippen molar-refractivity contribution in [2.75, 3.05) is 13.2 Å². The van der Waals surface area contributed by atoms with E-state index >= 15 is 0 Å². The summed E-state index contributed by atoms with van der Waals surface area (Å²) < 4.78 is 4.92. The number of benzene rings is 1. The molecule has 1 fully saturated rings. The third-order valence-electron chi connectivity index (χ3n) is 4.49. The molecule has 0 bridgehead atoms. The number of esters is 1. The highest BCUT2D eigenvalue weighted by Gasteiger charge is 2.38. The summed E-state index contributed by atoms with van der Waals surface area (Å²) in [6.45, 7) is 2.84.